The summed E-state index contributed by atoms with van der Waals surface area (Å²) in [4.78, 5) is 29.7. The summed E-state index contributed by atoms with van der Waals surface area (Å²) in [5.41, 5.74) is 2.27. The Kier molecular flexibility index (Phi) is 5.20. The molecule has 0 saturated heterocycles. The van der Waals surface area contributed by atoms with Crippen LogP contribution in [0.3, 0.4) is 0 Å². The van der Waals surface area contributed by atoms with Crippen molar-refractivity contribution in [3.05, 3.63) is 114 Å². The minimum atomic E-state index is -0.433. The van der Waals surface area contributed by atoms with Gasteiger partial charge < -0.3 is 4.42 Å². The highest BCUT2D eigenvalue weighted by Crippen LogP contribution is 2.29. The summed E-state index contributed by atoms with van der Waals surface area (Å²) in [6, 6.07) is 18.7. The molecule has 0 bridgehead atoms. The summed E-state index contributed by atoms with van der Waals surface area (Å²) in [6.45, 7) is 1.99. The molecule has 5 rings (SSSR count). The third kappa shape index (κ3) is 3.88. The molecule has 0 saturated carbocycles. The lowest BCUT2D eigenvalue weighted by atomic mass is 10.1. The number of rotatable bonds is 4. The predicted molar refractivity (Wildman–Crippen MR) is 125 cm³/mol. The van der Waals surface area contributed by atoms with Crippen molar-refractivity contribution in [1.82, 2.24) is 14.6 Å². The Labute approximate surface area is 191 Å². The fourth-order valence-electron chi connectivity index (χ4n) is 3.32. The summed E-state index contributed by atoms with van der Waals surface area (Å²) >= 11 is 7.33. The van der Waals surface area contributed by atoms with Gasteiger partial charge in [0.2, 0.25) is 4.96 Å². The molecule has 3 aromatic heterocycles. The molecule has 0 aliphatic rings. The fraction of sp³-hybridized carbons (Fsp3) is 0.0833. The monoisotopic (exact) mass is 461 g/mol. The van der Waals surface area contributed by atoms with Crippen molar-refractivity contribution in [3.8, 4) is 11.3 Å². The van der Waals surface area contributed by atoms with Crippen LogP contribution >= 0.6 is 22.9 Å². The number of benzene rings is 2. The number of aromatic nitrogens is 3. The van der Waals surface area contributed by atoms with E-state index >= 15 is 0 Å². The van der Waals surface area contributed by atoms with Gasteiger partial charge in [-0.05, 0) is 36.8 Å². The Bertz CT molecular complexity index is 1620. The van der Waals surface area contributed by atoms with E-state index in [4.69, 9.17) is 16.0 Å². The van der Waals surface area contributed by atoms with Crippen molar-refractivity contribution in [2.24, 2.45) is 0 Å². The number of hydrogen-bond donors (Lipinski definition) is 0. The molecule has 2 aromatic carbocycles. The van der Waals surface area contributed by atoms with E-state index in [-0.39, 0.29) is 16.2 Å². The van der Waals surface area contributed by atoms with Gasteiger partial charge in [-0.15, -0.1) is 0 Å². The highest BCUT2D eigenvalue weighted by molar-refractivity contribution is 7.15. The minimum Gasteiger partial charge on any atom is -0.457 e. The lowest BCUT2D eigenvalue weighted by Gasteiger charge is -2.01. The second-order valence-corrected chi connectivity index (χ2v) is 8.73. The predicted octanol–water partition coefficient (Wildman–Crippen LogP) is 3.87. The maximum absolute atomic E-state index is 12.9. The highest BCUT2D eigenvalue weighted by Gasteiger charge is 2.13. The Morgan fingerprint density at radius 2 is 1.84 bits per heavy atom. The van der Waals surface area contributed by atoms with Gasteiger partial charge in [0.15, 0.2) is 0 Å². The second-order valence-electron chi connectivity index (χ2n) is 7.32. The Hall–Kier alpha value is -3.55. The van der Waals surface area contributed by atoms with Gasteiger partial charge in [0.25, 0.3) is 11.1 Å². The van der Waals surface area contributed by atoms with Gasteiger partial charge in [0.1, 0.15) is 21.7 Å². The minimum absolute atomic E-state index is 0.229. The molecule has 158 valence electrons. The van der Waals surface area contributed by atoms with Crippen molar-refractivity contribution in [1.29, 1.82) is 0 Å². The number of thiazole rings is 1. The first kappa shape index (κ1) is 20.4. The van der Waals surface area contributed by atoms with Crippen molar-refractivity contribution < 1.29 is 4.42 Å². The third-order valence-corrected chi connectivity index (χ3v) is 6.27. The zero-order valence-electron chi connectivity index (χ0n) is 16.9. The third-order valence-electron chi connectivity index (χ3n) is 4.98. The highest BCUT2D eigenvalue weighted by atomic mass is 35.5. The van der Waals surface area contributed by atoms with E-state index in [2.05, 4.69) is 10.1 Å². The second kappa shape index (κ2) is 8.18. The largest absolute Gasteiger partial charge is 0.457 e. The molecule has 0 fully saturated rings. The van der Waals surface area contributed by atoms with Gasteiger partial charge >= 0.3 is 0 Å². The molecule has 0 N–H and O–H groups in total. The van der Waals surface area contributed by atoms with Crippen molar-refractivity contribution in [3.63, 3.8) is 0 Å². The molecule has 0 unspecified atom stereocenters. The molecule has 0 spiro atoms. The SMILES string of the molecule is Cc1ccc(Cc2nn3c(=O)c(=Cc4ccc(-c5ccccc5Cl)o4)sc3nc2=O)cc1. The van der Waals surface area contributed by atoms with Crippen molar-refractivity contribution in [2.75, 3.05) is 0 Å². The quantitative estimate of drug-likeness (QED) is 0.406. The zero-order chi connectivity index (χ0) is 22.2. The van der Waals surface area contributed by atoms with E-state index in [9.17, 15) is 9.59 Å². The zero-order valence-corrected chi connectivity index (χ0v) is 18.5. The summed E-state index contributed by atoms with van der Waals surface area (Å²) in [6.07, 6.45) is 1.93. The molecule has 0 aliphatic heterocycles. The summed E-state index contributed by atoms with van der Waals surface area (Å²) in [7, 11) is 0. The maximum Gasteiger partial charge on any atom is 0.296 e. The number of halogens is 1. The molecular formula is C24H16ClN3O3S. The first-order valence-electron chi connectivity index (χ1n) is 9.83. The average molecular weight is 462 g/mol. The van der Waals surface area contributed by atoms with Crippen LogP contribution < -0.4 is 15.7 Å². The van der Waals surface area contributed by atoms with Gasteiger partial charge in [-0.3, -0.25) is 9.59 Å². The van der Waals surface area contributed by atoms with Crippen LogP contribution in [-0.4, -0.2) is 14.6 Å². The van der Waals surface area contributed by atoms with Gasteiger partial charge in [0.05, 0.1) is 5.02 Å². The lowest BCUT2D eigenvalue weighted by molar-refractivity contribution is 0.571. The maximum atomic E-state index is 12.9. The van der Waals surface area contributed by atoms with Crippen LogP contribution in [0.25, 0.3) is 22.4 Å². The molecule has 0 radical (unpaired) electrons. The standard InChI is InChI=1S/C24H16ClN3O3S/c1-14-6-8-15(9-7-14)12-19-22(29)26-24-28(27-19)23(30)21(32-24)13-16-10-11-20(31-16)17-4-2-3-5-18(17)25/h2-11,13H,12H2,1H3. The normalized spacial score (nSPS) is 12.0. The molecule has 6 nitrogen and oxygen atoms in total. The molecular weight excluding hydrogens is 446 g/mol. The molecule has 0 aliphatic carbocycles. The van der Waals surface area contributed by atoms with Gasteiger partial charge in [-0.1, -0.05) is 64.9 Å². The number of furan rings is 1. The Morgan fingerprint density at radius 1 is 1.06 bits per heavy atom. The van der Waals surface area contributed by atoms with Crippen LogP contribution in [0.1, 0.15) is 22.6 Å². The smallest absolute Gasteiger partial charge is 0.296 e. The fourth-order valence-corrected chi connectivity index (χ4v) is 4.43. The molecule has 0 amide bonds. The van der Waals surface area contributed by atoms with E-state index in [0.717, 1.165) is 28.0 Å². The topological polar surface area (TPSA) is 77.5 Å². The van der Waals surface area contributed by atoms with E-state index in [0.29, 0.717) is 27.5 Å². The van der Waals surface area contributed by atoms with Crippen LogP contribution in [0.5, 0.6) is 0 Å². The van der Waals surface area contributed by atoms with Gasteiger partial charge in [0, 0.05) is 18.1 Å². The van der Waals surface area contributed by atoms with Crippen molar-refractivity contribution in [2.45, 2.75) is 13.3 Å². The first-order chi connectivity index (χ1) is 15.5. The van der Waals surface area contributed by atoms with Gasteiger partial charge in [-0.25, -0.2) is 0 Å². The van der Waals surface area contributed by atoms with Crippen LogP contribution in [0.15, 0.2) is 74.7 Å². The number of nitrogens with zero attached hydrogens (tertiary/aromatic N) is 3. The van der Waals surface area contributed by atoms with E-state index in [1.807, 2.05) is 49.4 Å². The van der Waals surface area contributed by atoms with E-state index < -0.39 is 5.56 Å². The van der Waals surface area contributed by atoms with Crippen LogP contribution in [-0.2, 0) is 6.42 Å². The number of hydrogen-bond acceptors (Lipinski definition) is 6. The Morgan fingerprint density at radius 3 is 2.62 bits per heavy atom. The number of aryl methyl sites for hydroxylation is 1. The number of fused-ring (bicyclic) bond motifs is 1. The van der Waals surface area contributed by atoms with Crippen molar-refractivity contribution >= 4 is 34.0 Å². The van der Waals surface area contributed by atoms with Crippen LogP contribution in [0.4, 0.5) is 0 Å². The van der Waals surface area contributed by atoms with Crippen LogP contribution in [0, 0.1) is 6.92 Å². The van der Waals surface area contributed by atoms with E-state index in [1.54, 1.807) is 24.3 Å². The molecule has 5 aromatic rings. The molecule has 8 heteroatoms. The summed E-state index contributed by atoms with van der Waals surface area (Å²) in [5.74, 6) is 1.09. The summed E-state index contributed by atoms with van der Waals surface area (Å²) < 4.78 is 7.41. The lowest BCUT2D eigenvalue weighted by Crippen LogP contribution is -2.28. The summed E-state index contributed by atoms with van der Waals surface area (Å²) in [5, 5.41) is 4.87. The molecule has 0 atom stereocenters. The van der Waals surface area contributed by atoms with E-state index in [1.165, 1.54) is 4.52 Å². The van der Waals surface area contributed by atoms with Gasteiger partial charge in [-0.2, -0.15) is 14.6 Å². The molecule has 3 heterocycles. The van der Waals surface area contributed by atoms with Crippen LogP contribution in [0.2, 0.25) is 5.02 Å². The Balaban J connectivity index is 1.53. The average Bonchev–Trinajstić information content (AvgIpc) is 3.35. The molecule has 32 heavy (non-hydrogen) atoms. The first-order valence-corrected chi connectivity index (χ1v) is 11.0.